The van der Waals surface area contributed by atoms with Crippen LogP contribution in [0.15, 0.2) is 66.7 Å². The van der Waals surface area contributed by atoms with Gasteiger partial charge in [-0.1, -0.05) is 42.5 Å². The average molecular weight is 402 g/mol. The summed E-state index contributed by atoms with van der Waals surface area (Å²) in [5.74, 6) is -0.456. The highest BCUT2D eigenvalue weighted by Crippen LogP contribution is 2.26. The molecule has 1 heterocycles. The molecule has 0 radical (unpaired) electrons. The Morgan fingerprint density at radius 3 is 2.23 bits per heavy atom. The summed E-state index contributed by atoms with van der Waals surface area (Å²) in [4.78, 5) is 32.9. The fraction of sp³-hybridized carbons (Fsp3) is 0.208. The van der Waals surface area contributed by atoms with E-state index >= 15 is 0 Å². The van der Waals surface area contributed by atoms with Crippen LogP contribution < -0.4 is 10.2 Å². The van der Waals surface area contributed by atoms with E-state index in [-0.39, 0.29) is 11.8 Å². The maximum absolute atomic E-state index is 12.9. The molecule has 3 rings (SSSR count). The molecule has 0 saturated heterocycles. The molecule has 30 heavy (non-hydrogen) atoms. The molecular formula is C24H26N4O2. The Kier molecular flexibility index (Phi) is 6.47. The van der Waals surface area contributed by atoms with Crippen LogP contribution in [0.1, 0.15) is 32.1 Å². The van der Waals surface area contributed by atoms with Crippen molar-refractivity contribution in [1.29, 1.82) is 0 Å². The number of carbonyl (C=O) groups excluding carboxylic acids is 2. The minimum atomic E-state index is -0.260. The highest BCUT2D eigenvalue weighted by Gasteiger charge is 2.17. The normalized spacial score (nSPS) is 10.4. The number of aryl methyl sites for hydroxylation is 1. The van der Waals surface area contributed by atoms with Crippen LogP contribution in [0.3, 0.4) is 0 Å². The van der Waals surface area contributed by atoms with Crippen molar-refractivity contribution in [2.45, 2.75) is 13.5 Å². The first kappa shape index (κ1) is 21.0. The van der Waals surface area contributed by atoms with Crippen molar-refractivity contribution in [3.63, 3.8) is 0 Å². The Bertz CT molecular complexity index is 1050. The van der Waals surface area contributed by atoms with Crippen molar-refractivity contribution in [3.05, 3.63) is 89.2 Å². The number of nitrogens with zero attached hydrogens (tertiary/aromatic N) is 3. The summed E-state index contributed by atoms with van der Waals surface area (Å²) in [6.07, 6.45) is 0. The minimum absolute atomic E-state index is 0.196. The van der Waals surface area contributed by atoms with E-state index in [0.717, 1.165) is 12.2 Å². The Balaban J connectivity index is 1.80. The van der Waals surface area contributed by atoms with Gasteiger partial charge in [0, 0.05) is 27.7 Å². The van der Waals surface area contributed by atoms with Crippen molar-refractivity contribution in [1.82, 2.24) is 9.88 Å². The molecule has 0 saturated carbocycles. The summed E-state index contributed by atoms with van der Waals surface area (Å²) in [5.41, 5.74) is 4.08. The maximum atomic E-state index is 12.9. The van der Waals surface area contributed by atoms with E-state index in [2.05, 4.69) is 27.3 Å². The molecule has 2 amide bonds. The van der Waals surface area contributed by atoms with Gasteiger partial charge in [0.2, 0.25) is 0 Å². The fourth-order valence-corrected chi connectivity index (χ4v) is 3.19. The molecule has 6 nitrogen and oxygen atoms in total. The predicted octanol–water partition coefficient (Wildman–Crippen LogP) is 3.98. The number of hydrogen-bond acceptors (Lipinski definition) is 4. The highest BCUT2D eigenvalue weighted by atomic mass is 16.2. The number of anilines is 2. The molecule has 0 unspecified atom stereocenters. The molecule has 154 valence electrons. The number of benzene rings is 2. The van der Waals surface area contributed by atoms with E-state index in [4.69, 9.17) is 0 Å². The number of carbonyl (C=O) groups is 2. The van der Waals surface area contributed by atoms with Crippen LogP contribution in [0.25, 0.3) is 0 Å². The number of nitrogens with one attached hydrogen (secondary N) is 1. The topological polar surface area (TPSA) is 65.5 Å². The second-order valence-electron chi connectivity index (χ2n) is 7.34. The van der Waals surface area contributed by atoms with Crippen LogP contribution in [0.2, 0.25) is 0 Å². The molecule has 0 atom stereocenters. The highest BCUT2D eigenvalue weighted by molar-refractivity contribution is 6.07. The number of aromatic nitrogens is 1. The molecule has 6 heteroatoms. The lowest BCUT2D eigenvalue weighted by molar-refractivity contribution is 0.0821. The van der Waals surface area contributed by atoms with Crippen molar-refractivity contribution in [2.24, 2.45) is 0 Å². The fourth-order valence-electron chi connectivity index (χ4n) is 3.19. The van der Waals surface area contributed by atoms with E-state index in [1.165, 1.54) is 10.5 Å². The standard InChI is InChI=1S/C24H26N4O2/c1-17-19(14-15-21(25-17)24(30)27(2)3)23(29)26-20-12-8-9-13-22(20)28(4)16-18-10-6-5-7-11-18/h5-15H,16H2,1-4H3,(H,26,29). The van der Waals surface area contributed by atoms with E-state index in [1.807, 2.05) is 49.5 Å². The largest absolute Gasteiger partial charge is 0.369 e. The third-order valence-electron chi connectivity index (χ3n) is 4.78. The summed E-state index contributed by atoms with van der Waals surface area (Å²) in [6, 6.07) is 21.1. The van der Waals surface area contributed by atoms with Gasteiger partial charge in [0.25, 0.3) is 11.8 Å². The van der Waals surface area contributed by atoms with Crippen LogP contribution in [0.4, 0.5) is 11.4 Å². The van der Waals surface area contributed by atoms with Crippen molar-refractivity contribution < 1.29 is 9.59 Å². The molecule has 2 aromatic carbocycles. The lowest BCUT2D eigenvalue weighted by Gasteiger charge is -2.23. The molecule has 0 bridgehead atoms. The van der Waals surface area contributed by atoms with Crippen LogP contribution in [-0.4, -0.2) is 42.8 Å². The first-order valence-corrected chi connectivity index (χ1v) is 9.71. The van der Waals surface area contributed by atoms with Gasteiger partial charge in [-0.05, 0) is 36.8 Å². The average Bonchev–Trinajstić information content (AvgIpc) is 2.74. The van der Waals surface area contributed by atoms with Gasteiger partial charge in [-0.15, -0.1) is 0 Å². The maximum Gasteiger partial charge on any atom is 0.271 e. The van der Waals surface area contributed by atoms with Crippen LogP contribution in [0, 0.1) is 6.92 Å². The van der Waals surface area contributed by atoms with E-state index < -0.39 is 0 Å². The van der Waals surface area contributed by atoms with Gasteiger partial charge >= 0.3 is 0 Å². The first-order chi connectivity index (χ1) is 14.4. The second kappa shape index (κ2) is 9.22. The van der Waals surface area contributed by atoms with Crippen molar-refractivity contribution >= 4 is 23.2 Å². The first-order valence-electron chi connectivity index (χ1n) is 9.71. The number of para-hydroxylation sites is 2. The van der Waals surface area contributed by atoms with Crippen LogP contribution in [-0.2, 0) is 6.54 Å². The molecule has 0 aliphatic carbocycles. The van der Waals surface area contributed by atoms with Crippen LogP contribution >= 0.6 is 0 Å². The molecule has 3 aromatic rings. The van der Waals surface area contributed by atoms with E-state index in [1.54, 1.807) is 33.2 Å². The van der Waals surface area contributed by atoms with Crippen molar-refractivity contribution in [2.75, 3.05) is 31.4 Å². The molecular weight excluding hydrogens is 376 g/mol. The van der Waals surface area contributed by atoms with E-state index in [9.17, 15) is 9.59 Å². The van der Waals surface area contributed by atoms with Crippen molar-refractivity contribution in [3.8, 4) is 0 Å². The quantitative estimate of drug-likeness (QED) is 0.677. The Morgan fingerprint density at radius 2 is 1.57 bits per heavy atom. The molecule has 0 aliphatic heterocycles. The minimum Gasteiger partial charge on any atom is -0.369 e. The Labute approximate surface area is 177 Å². The van der Waals surface area contributed by atoms with Gasteiger partial charge in [0.15, 0.2) is 0 Å². The molecule has 1 aromatic heterocycles. The monoisotopic (exact) mass is 402 g/mol. The third-order valence-corrected chi connectivity index (χ3v) is 4.78. The number of hydrogen-bond donors (Lipinski definition) is 1. The molecule has 1 N–H and O–H groups in total. The summed E-state index contributed by atoms with van der Waals surface area (Å²) in [6.45, 7) is 2.45. The van der Waals surface area contributed by atoms with Gasteiger partial charge in [0.05, 0.1) is 22.6 Å². The lowest BCUT2D eigenvalue weighted by Crippen LogP contribution is -2.24. The summed E-state index contributed by atoms with van der Waals surface area (Å²) in [7, 11) is 5.33. The summed E-state index contributed by atoms with van der Waals surface area (Å²) < 4.78 is 0. The van der Waals surface area contributed by atoms with Gasteiger partial charge in [-0.25, -0.2) is 4.98 Å². The van der Waals surface area contributed by atoms with Gasteiger partial charge < -0.3 is 15.1 Å². The van der Waals surface area contributed by atoms with Gasteiger partial charge in [0.1, 0.15) is 5.69 Å². The number of pyridine rings is 1. The lowest BCUT2D eigenvalue weighted by atomic mass is 10.1. The predicted molar refractivity (Wildman–Crippen MR) is 120 cm³/mol. The molecule has 0 spiro atoms. The van der Waals surface area contributed by atoms with E-state index in [0.29, 0.717) is 22.6 Å². The number of rotatable bonds is 6. The zero-order valence-corrected chi connectivity index (χ0v) is 17.7. The Morgan fingerprint density at radius 1 is 0.900 bits per heavy atom. The van der Waals surface area contributed by atoms with Gasteiger partial charge in [-0.2, -0.15) is 0 Å². The zero-order chi connectivity index (χ0) is 21.7. The smallest absolute Gasteiger partial charge is 0.271 e. The third kappa shape index (κ3) is 4.84. The SMILES string of the molecule is Cc1nc(C(=O)N(C)C)ccc1C(=O)Nc1ccccc1N(C)Cc1ccccc1. The second-order valence-corrected chi connectivity index (χ2v) is 7.34. The molecule has 0 fully saturated rings. The van der Waals surface area contributed by atoms with Gasteiger partial charge in [-0.3, -0.25) is 9.59 Å². The summed E-state index contributed by atoms with van der Waals surface area (Å²) >= 11 is 0. The number of amides is 2. The van der Waals surface area contributed by atoms with Crippen LogP contribution in [0.5, 0.6) is 0 Å². The Hall–Kier alpha value is -3.67. The molecule has 0 aliphatic rings. The summed E-state index contributed by atoms with van der Waals surface area (Å²) in [5, 5.41) is 2.99. The zero-order valence-electron chi connectivity index (χ0n) is 17.7.